The molecule has 1 N–H and O–H groups in total. The lowest BCUT2D eigenvalue weighted by Crippen LogP contribution is -1.97. The molecule has 0 spiro atoms. The van der Waals surface area contributed by atoms with E-state index >= 15 is 0 Å². The van der Waals surface area contributed by atoms with Crippen LogP contribution in [0.4, 0.5) is 8.78 Å². The highest BCUT2D eigenvalue weighted by molar-refractivity contribution is 5.40. The molecule has 1 saturated carbocycles. The number of rotatable bonds is 3. The van der Waals surface area contributed by atoms with Crippen molar-refractivity contribution in [3.05, 3.63) is 29.3 Å². The Morgan fingerprint density at radius 3 is 2.60 bits per heavy atom. The molecule has 2 nitrogen and oxygen atoms in total. The van der Waals surface area contributed by atoms with Gasteiger partial charge in [-0.15, -0.1) is 0 Å². The van der Waals surface area contributed by atoms with Gasteiger partial charge in [0, 0.05) is 18.2 Å². The second-order valence-electron chi connectivity index (χ2n) is 3.79. The number of methoxy groups -OCH3 is 1. The zero-order valence-corrected chi connectivity index (χ0v) is 8.34. The zero-order valence-electron chi connectivity index (χ0n) is 8.34. The maximum Gasteiger partial charge on any atom is 0.162 e. The maximum atomic E-state index is 13.0. The van der Waals surface area contributed by atoms with Gasteiger partial charge in [-0.2, -0.15) is 0 Å². The summed E-state index contributed by atoms with van der Waals surface area (Å²) < 4.78 is 30.9. The summed E-state index contributed by atoms with van der Waals surface area (Å²) in [6, 6.07) is 2.21. The van der Waals surface area contributed by atoms with E-state index in [1.54, 1.807) is 0 Å². The summed E-state index contributed by atoms with van der Waals surface area (Å²) in [5, 5.41) is 8.92. The van der Waals surface area contributed by atoms with E-state index in [1.807, 2.05) is 0 Å². The standard InChI is InChI=1S/C11H12F2O2/c1-15-11-4-10(13)9(12)3-8(11)7-2-6(7)5-14/h3-4,6-7,14H,2,5H2,1H3. The van der Waals surface area contributed by atoms with Gasteiger partial charge in [-0.1, -0.05) is 0 Å². The van der Waals surface area contributed by atoms with E-state index < -0.39 is 11.6 Å². The topological polar surface area (TPSA) is 29.5 Å². The molecule has 0 bridgehead atoms. The van der Waals surface area contributed by atoms with Crippen molar-refractivity contribution in [1.82, 2.24) is 0 Å². The summed E-state index contributed by atoms with van der Waals surface area (Å²) in [4.78, 5) is 0. The molecule has 82 valence electrons. The zero-order chi connectivity index (χ0) is 11.0. The molecule has 1 aliphatic rings. The van der Waals surface area contributed by atoms with Gasteiger partial charge in [-0.05, 0) is 24.3 Å². The first-order valence-corrected chi connectivity index (χ1v) is 4.81. The molecule has 0 heterocycles. The highest BCUT2D eigenvalue weighted by atomic mass is 19.2. The number of aliphatic hydroxyl groups is 1. The normalized spacial score (nSPS) is 24.0. The third-order valence-corrected chi connectivity index (χ3v) is 2.83. The van der Waals surface area contributed by atoms with Crippen molar-refractivity contribution < 1.29 is 18.6 Å². The van der Waals surface area contributed by atoms with Crippen LogP contribution in [0.5, 0.6) is 5.75 Å². The van der Waals surface area contributed by atoms with Gasteiger partial charge in [0.25, 0.3) is 0 Å². The van der Waals surface area contributed by atoms with E-state index in [-0.39, 0.29) is 18.4 Å². The molecule has 0 aliphatic heterocycles. The second-order valence-corrected chi connectivity index (χ2v) is 3.79. The van der Waals surface area contributed by atoms with E-state index in [0.29, 0.717) is 11.3 Å². The van der Waals surface area contributed by atoms with E-state index in [4.69, 9.17) is 9.84 Å². The lowest BCUT2D eigenvalue weighted by atomic mass is 10.1. The number of hydrogen-bond donors (Lipinski definition) is 1. The first-order chi connectivity index (χ1) is 7.17. The van der Waals surface area contributed by atoms with Crippen LogP contribution in [0.25, 0.3) is 0 Å². The van der Waals surface area contributed by atoms with Crippen molar-refractivity contribution in [3.63, 3.8) is 0 Å². The summed E-state index contributed by atoms with van der Waals surface area (Å²) in [5.41, 5.74) is 0.649. The molecule has 0 amide bonds. The minimum Gasteiger partial charge on any atom is -0.496 e. The SMILES string of the molecule is COc1cc(F)c(F)cc1C1CC1CO. The quantitative estimate of drug-likeness (QED) is 0.834. The van der Waals surface area contributed by atoms with Crippen LogP contribution in [0.2, 0.25) is 0 Å². The highest BCUT2D eigenvalue weighted by Crippen LogP contribution is 2.50. The van der Waals surface area contributed by atoms with Crippen LogP contribution in [0.1, 0.15) is 17.9 Å². The van der Waals surface area contributed by atoms with E-state index in [9.17, 15) is 8.78 Å². The molecule has 1 aliphatic carbocycles. The monoisotopic (exact) mass is 214 g/mol. The van der Waals surface area contributed by atoms with Crippen LogP contribution >= 0.6 is 0 Å². The van der Waals surface area contributed by atoms with Crippen LogP contribution in [-0.4, -0.2) is 18.8 Å². The Bertz CT molecular complexity index is 379. The Labute approximate surface area is 86.5 Å². The van der Waals surface area contributed by atoms with Gasteiger partial charge in [0.2, 0.25) is 0 Å². The summed E-state index contributed by atoms with van der Waals surface area (Å²) in [6.45, 7) is 0.0762. The predicted octanol–water partition coefficient (Wildman–Crippen LogP) is 2.07. The second kappa shape index (κ2) is 3.77. The molecular weight excluding hydrogens is 202 g/mol. The third kappa shape index (κ3) is 1.81. The minimum atomic E-state index is -0.906. The summed E-state index contributed by atoms with van der Waals surface area (Å²) in [7, 11) is 1.42. The van der Waals surface area contributed by atoms with Crippen molar-refractivity contribution in [2.24, 2.45) is 5.92 Å². The van der Waals surface area contributed by atoms with Crippen LogP contribution in [-0.2, 0) is 0 Å². The summed E-state index contributed by atoms with van der Waals surface area (Å²) in [6.07, 6.45) is 0.804. The fraction of sp³-hybridized carbons (Fsp3) is 0.455. The van der Waals surface area contributed by atoms with Crippen molar-refractivity contribution in [3.8, 4) is 5.75 Å². The van der Waals surface area contributed by atoms with Crippen molar-refractivity contribution in [2.45, 2.75) is 12.3 Å². The molecule has 1 fully saturated rings. The Kier molecular flexibility index (Phi) is 2.61. The lowest BCUT2D eigenvalue weighted by Gasteiger charge is -2.08. The molecule has 4 heteroatoms. The molecule has 15 heavy (non-hydrogen) atoms. The largest absolute Gasteiger partial charge is 0.496 e. The van der Waals surface area contributed by atoms with Crippen LogP contribution in [0.15, 0.2) is 12.1 Å². The van der Waals surface area contributed by atoms with Crippen LogP contribution in [0.3, 0.4) is 0 Å². The average molecular weight is 214 g/mol. The number of benzene rings is 1. The molecule has 2 atom stereocenters. The molecule has 0 saturated heterocycles. The lowest BCUT2D eigenvalue weighted by molar-refractivity contribution is 0.273. The Morgan fingerprint density at radius 2 is 2.07 bits per heavy atom. The number of hydrogen-bond acceptors (Lipinski definition) is 2. The summed E-state index contributed by atoms with van der Waals surface area (Å²) >= 11 is 0. The maximum absolute atomic E-state index is 13.0. The van der Waals surface area contributed by atoms with E-state index in [0.717, 1.165) is 18.6 Å². The van der Waals surface area contributed by atoms with E-state index in [2.05, 4.69) is 0 Å². The number of aliphatic hydroxyl groups excluding tert-OH is 1. The van der Waals surface area contributed by atoms with Gasteiger partial charge in [-0.3, -0.25) is 0 Å². The van der Waals surface area contributed by atoms with Gasteiger partial charge < -0.3 is 9.84 Å². The average Bonchev–Trinajstić information content (AvgIpc) is 3.00. The van der Waals surface area contributed by atoms with Crippen molar-refractivity contribution in [1.29, 1.82) is 0 Å². The molecule has 2 rings (SSSR count). The Morgan fingerprint density at radius 1 is 1.40 bits per heavy atom. The minimum absolute atomic E-state index is 0.0762. The van der Waals surface area contributed by atoms with E-state index in [1.165, 1.54) is 7.11 Å². The number of halogens is 2. The fourth-order valence-corrected chi connectivity index (χ4v) is 1.84. The Hall–Kier alpha value is -1.16. The fourth-order valence-electron chi connectivity index (χ4n) is 1.84. The number of ether oxygens (including phenoxy) is 1. The molecule has 1 aromatic rings. The van der Waals surface area contributed by atoms with Gasteiger partial charge in [0.05, 0.1) is 7.11 Å². The van der Waals surface area contributed by atoms with Crippen molar-refractivity contribution in [2.75, 3.05) is 13.7 Å². The highest BCUT2D eigenvalue weighted by Gasteiger charge is 2.39. The first-order valence-electron chi connectivity index (χ1n) is 4.81. The Balaban J connectivity index is 2.34. The van der Waals surface area contributed by atoms with Crippen LogP contribution in [0, 0.1) is 17.6 Å². The van der Waals surface area contributed by atoms with Gasteiger partial charge in [-0.25, -0.2) is 8.78 Å². The van der Waals surface area contributed by atoms with Crippen LogP contribution < -0.4 is 4.74 Å². The first kappa shape index (κ1) is 10.4. The molecule has 0 aromatic heterocycles. The molecule has 1 aromatic carbocycles. The molecule has 2 unspecified atom stereocenters. The summed E-state index contributed by atoms with van der Waals surface area (Å²) in [5.74, 6) is -1.16. The smallest absolute Gasteiger partial charge is 0.162 e. The van der Waals surface area contributed by atoms with Crippen molar-refractivity contribution >= 4 is 0 Å². The van der Waals surface area contributed by atoms with Gasteiger partial charge >= 0.3 is 0 Å². The third-order valence-electron chi connectivity index (χ3n) is 2.83. The molecular formula is C11H12F2O2. The van der Waals surface area contributed by atoms with Gasteiger partial charge in [0.15, 0.2) is 11.6 Å². The molecule has 0 radical (unpaired) electrons. The predicted molar refractivity (Wildman–Crippen MR) is 50.8 cm³/mol. The van der Waals surface area contributed by atoms with Gasteiger partial charge in [0.1, 0.15) is 5.75 Å².